The first-order chi connectivity index (χ1) is 8.08. The maximum atomic E-state index is 13.5. The van der Waals surface area contributed by atoms with Crippen LogP contribution in [-0.4, -0.2) is 9.67 Å². The van der Waals surface area contributed by atoms with Gasteiger partial charge in [0.05, 0.1) is 12.6 Å². The largest absolute Gasteiger partial charge is 0.387 e. The van der Waals surface area contributed by atoms with Gasteiger partial charge in [0.25, 0.3) is 0 Å². The van der Waals surface area contributed by atoms with Crippen LogP contribution in [0.3, 0.4) is 0 Å². The molecule has 4 heteroatoms. The van der Waals surface area contributed by atoms with E-state index in [1.165, 1.54) is 12.1 Å². The lowest BCUT2D eigenvalue weighted by atomic mass is 10.2. The van der Waals surface area contributed by atoms with Gasteiger partial charge in [-0.15, -0.1) is 0 Å². The van der Waals surface area contributed by atoms with E-state index in [-0.39, 0.29) is 6.54 Å². The van der Waals surface area contributed by atoms with E-state index in [2.05, 4.69) is 0 Å². The van der Waals surface area contributed by atoms with Gasteiger partial charge in [-0.1, -0.05) is 6.07 Å². The van der Waals surface area contributed by atoms with Crippen molar-refractivity contribution in [3.63, 3.8) is 0 Å². The van der Waals surface area contributed by atoms with Crippen LogP contribution in [0.15, 0.2) is 36.5 Å². The van der Waals surface area contributed by atoms with Gasteiger partial charge in [0.15, 0.2) is 0 Å². The number of halogens is 2. The molecule has 0 bridgehead atoms. The van der Waals surface area contributed by atoms with Gasteiger partial charge in [0.1, 0.15) is 11.6 Å². The molecule has 0 spiro atoms. The maximum Gasteiger partial charge on any atom is 0.131 e. The molecule has 0 saturated carbocycles. The topological polar surface area (TPSA) is 25.2 Å². The molecule has 2 rings (SSSR count). The first kappa shape index (κ1) is 11.8. The van der Waals surface area contributed by atoms with Crippen LogP contribution < -0.4 is 0 Å². The fourth-order valence-electron chi connectivity index (χ4n) is 1.78. The fraction of sp³-hybridized carbons (Fsp3) is 0.231. The number of aliphatic hydroxyl groups excluding tert-OH is 1. The van der Waals surface area contributed by atoms with Crippen LogP contribution in [0.1, 0.15) is 24.3 Å². The zero-order chi connectivity index (χ0) is 12.4. The van der Waals surface area contributed by atoms with Gasteiger partial charge in [-0.3, -0.25) is 0 Å². The van der Waals surface area contributed by atoms with Gasteiger partial charge < -0.3 is 9.67 Å². The Morgan fingerprint density at radius 1 is 1.29 bits per heavy atom. The summed E-state index contributed by atoms with van der Waals surface area (Å²) in [6.07, 6.45) is 1.14. The molecule has 0 aliphatic heterocycles. The molecule has 0 aliphatic carbocycles. The van der Waals surface area contributed by atoms with Gasteiger partial charge in [0, 0.05) is 23.5 Å². The van der Waals surface area contributed by atoms with Gasteiger partial charge in [0.2, 0.25) is 0 Å². The summed E-state index contributed by atoms with van der Waals surface area (Å²) in [7, 11) is 0. The summed E-state index contributed by atoms with van der Waals surface area (Å²) in [6.45, 7) is 1.92. The van der Waals surface area contributed by atoms with Crippen LogP contribution in [0.2, 0.25) is 0 Å². The Bertz CT molecular complexity index is 520. The van der Waals surface area contributed by atoms with Gasteiger partial charge in [-0.05, 0) is 25.1 Å². The minimum atomic E-state index is -0.617. The molecule has 0 radical (unpaired) electrons. The van der Waals surface area contributed by atoms with E-state index in [1.54, 1.807) is 29.8 Å². The zero-order valence-electron chi connectivity index (χ0n) is 9.40. The van der Waals surface area contributed by atoms with E-state index in [1.807, 2.05) is 0 Å². The van der Waals surface area contributed by atoms with Crippen molar-refractivity contribution < 1.29 is 13.9 Å². The van der Waals surface area contributed by atoms with Crippen LogP contribution in [-0.2, 0) is 6.54 Å². The molecule has 1 aromatic carbocycles. The van der Waals surface area contributed by atoms with Gasteiger partial charge >= 0.3 is 0 Å². The maximum absolute atomic E-state index is 13.5. The van der Waals surface area contributed by atoms with E-state index in [0.29, 0.717) is 11.3 Å². The van der Waals surface area contributed by atoms with Crippen molar-refractivity contribution in [2.24, 2.45) is 0 Å². The number of hydrogen-bond acceptors (Lipinski definition) is 1. The molecule has 0 saturated heterocycles. The molecule has 0 aliphatic rings. The molecule has 2 aromatic rings. The second kappa shape index (κ2) is 4.67. The van der Waals surface area contributed by atoms with Crippen molar-refractivity contribution in [3.05, 3.63) is 59.4 Å². The average Bonchev–Trinajstić information content (AvgIpc) is 2.70. The SMILES string of the molecule is CC(O)c1cccn1Cc1ccc(F)cc1F. The van der Waals surface area contributed by atoms with E-state index in [4.69, 9.17) is 0 Å². The summed E-state index contributed by atoms with van der Waals surface area (Å²) in [6, 6.07) is 7.05. The van der Waals surface area contributed by atoms with Crippen molar-refractivity contribution in [1.82, 2.24) is 4.57 Å². The molecule has 1 aromatic heterocycles. The molecule has 1 heterocycles. The smallest absolute Gasteiger partial charge is 0.131 e. The van der Waals surface area contributed by atoms with E-state index in [9.17, 15) is 13.9 Å². The summed E-state index contributed by atoms with van der Waals surface area (Å²) in [5.41, 5.74) is 1.10. The highest BCUT2D eigenvalue weighted by atomic mass is 19.1. The Kier molecular flexibility index (Phi) is 3.24. The monoisotopic (exact) mass is 237 g/mol. The summed E-state index contributed by atoms with van der Waals surface area (Å²) in [4.78, 5) is 0. The molecule has 1 unspecified atom stereocenters. The van der Waals surface area contributed by atoms with E-state index >= 15 is 0 Å². The molecule has 1 atom stereocenters. The normalized spacial score (nSPS) is 12.7. The highest BCUT2D eigenvalue weighted by Crippen LogP contribution is 2.17. The molecule has 17 heavy (non-hydrogen) atoms. The lowest BCUT2D eigenvalue weighted by Gasteiger charge is -2.11. The Morgan fingerprint density at radius 3 is 2.71 bits per heavy atom. The van der Waals surface area contributed by atoms with E-state index in [0.717, 1.165) is 6.07 Å². The standard InChI is InChI=1S/C13H13F2NO/c1-9(17)13-3-2-6-16(13)8-10-4-5-11(14)7-12(10)15/h2-7,9,17H,8H2,1H3. The minimum Gasteiger partial charge on any atom is -0.387 e. The minimum absolute atomic E-state index is 0.277. The number of aromatic nitrogens is 1. The average molecular weight is 237 g/mol. The second-order valence-electron chi connectivity index (χ2n) is 3.97. The lowest BCUT2D eigenvalue weighted by molar-refractivity contribution is 0.189. The van der Waals surface area contributed by atoms with Crippen LogP contribution >= 0.6 is 0 Å². The fourth-order valence-corrected chi connectivity index (χ4v) is 1.78. The summed E-state index contributed by atoms with van der Waals surface area (Å²) >= 11 is 0. The molecular weight excluding hydrogens is 224 g/mol. The highest BCUT2D eigenvalue weighted by Gasteiger charge is 2.09. The molecule has 1 N–H and O–H groups in total. The quantitative estimate of drug-likeness (QED) is 0.872. The summed E-state index contributed by atoms with van der Waals surface area (Å²) in [5, 5.41) is 9.51. The molecular formula is C13H13F2NO. The van der Waals surface area contributed by atoms with Gasteiger partial charge in [-0.25, -0.2) is 8.78 Å². The predicted octanol–water partition coefficient (Wildman–Crippen LogP) is 2.87. The van der Waals surface area contributed by atoms with Crippen molar-refractivity contribution in [2.45, 2.75) is 19.6 Å². The lowest BCUT2D eigenvalue weighted by Crippen LogP contribution is -2.07. The van der Waals surface area contributed by atoms with E-state index < -0.39 is 17.7 Å². The number of nitrogens with zero attached hydrogens (tertiary/aromatic N) is 1. The first-order valence-corrected chi connectivity index (χ1v) is 5.35. The number of aliphatic hydroxyl groups is 1. The van der Waals surface area contributed by atoms with Crippen molar-refractivity contribution >= 4 is 0 Å². The first-order valence-electron chi connectivity index (χ1n) is 5.35. The number of hydrogen-bond donors (Lipinski definition) is 1. The number of benzene rings is 1. The molecule has 0 fully saturated rings. The highest BCUT2D eigenvalue weighted by molar-refractivity contribution is 5.21. The van der Waals surface area contributed by atoms with Gasteiger partial charge in [-0.2, -0.15) is 0 Å². The zero-order valence-corrected chi connectivity index (χ0v) is 9.40. The molecule has 2 nitrogen and oxygen atoms in total. The molecule has 90 valence electrons. The van der Waals surface area contributed by atoms with Crippen molar-refractivity contribution in [1.29, 1.82) is 0 Å². The third-order valence-electron chi connectivity index (χ3n) is 2.65. The Morgan fingerprint density at radius 2 is 2.06 bits per heavy atom. The third-order valence-corrected chi connectivity index (χ3v) is 2.65. The van der Waals surface area contributed by atoms with Crippen LogP contribution in [0.25, 0.3) is 0 Å². The van der Waals surface area contributed by atoms with Crippen LogP contribution in [0.4, 0.5) is 8.78 Å². The Hall–Kier alpha value is -1.68. The Balaban J connectivity index is 2.28. The van der Waals surface area contributed by atoms with Crippen molar-refractivity contribution in [2.75, 3.05) is 0 Å². The van der Waals surface area contributed by atoms with Crippen LogP contribution in [0.5, 0.6) is 0 Å². The van der Waals surface area contributed by atoms with Crippen molar-refractivity contribution in [3.8, 4) is 0 Å². The predicted molar refractivity (Wildman–Crippen MR) is 60.5 cm³/mol. The number of rotatable bonds is 3. The Labute approximate surface area is 98.1 Å². The van der Waals surface area contributed by atoms with Crippen LogP contribution in [0, 0.1) is 11.6 Å². The molecule has 0 amide bonds. The third kappa shape index (κ3) is 2.53. The summed E-state index contributed by atoms with van der Waals surface area (Å²) < 4.78 is 27.9. The summed E-state index contributed by atoms with van der Waals surface area (Å²) in [5.74, 6) is -1.16. The second-order valence-corrected chi connectivity index (χ2v) is 3.97.